The average Bonchev–Trinajstić information content (AvgIpc) is 3.71. The van der Waals surface area contributed by atoms with Gasteiger partial charge in [0.05, 0.1) is 28.2 Å². The highest BCUT2D eigenvalue weighted by atomic mass is 14.9. The second-order valence-corrected chi connectivity index (χ2v) is 13.9. The van der Waals surface area contributed by atoms with Gasteiger partial charge < -0.3 is 0 Å². The summed E-state index contributed by atoms with van der Waals surface area (Å²) in [5, 5.41) is 2.37. The van der Waals surface area contributed by atoms with Gasteiger partial charge in [-0.25, -0.2) is 15.0 Å². The molecule has 0 saturated carbocycles. The minimum absolute atomic E-state index is 0.453. The van der Waals surface area contributed by atoms with Crippen molar-refractivity contribution in [2.75, 3.05) is 0 Å². The third-order valence-corrected chi connectivity index (χ3v) is 11.1. The highest BCUT2D eigenvalue weighted by Crippen LogP contribution is 2.64. The zero-order chi connectivity index (χ0) is 34.9. The third kappa shape index (κ3) is 4.31. The molecule has 0 atom stereocenters. The summed E-state index contributed by atoms with van der Waals surface area (Å²) in [6.45, 7) is 0. The summed E-state index contributed by atoms with van der Waals surface area (Å²) in [5.41, 5.74) is 16.5. The van der Waals surface area contributed by atoms with Gasteiger partial charge in [-0.1, -0.05) is 182 Å². The minimum Gasteiger partial charge on any atom is -0.247 e. The molecule has 0 amide bonds. The smallest absolute Gasteiger partial charge is 0.160 e. The van der Waals surface area contributed by atoms with Crippen molar-refractivity contribution < 1.29 is 0 Å². The standard InChI is InChI=1S/C50H31N3/c1-3-15-32(16-4-1)44-31-45(33-17-5-2-6-18-33)52-49(51-44)35-29-27-34(28-30-35)47-39-22-8-7-21-38(39)46-48(53-47)40-23-11-14-26-43(40)50(46)41-24-12-9-19-36(41)37-20-10-13-25-42(37)50/h1-31H. The van der Waals surface area contributed by atoms with Gasteiger partial charge in [0.15, 0.2) is 5.82 Å². The molecule has 0 fully saturated rings. The van der Waals surface area contributed by atoms with Gasteiger partial charge in [-0.15, -0.1) is 0 Å². The molecule has 1 spiro atoms. The molecule has 0 saturated heterocycles. The first-order valence-corrected chi connectivity index (χ1v) is 18.1. The molecule has 0 bridgehead atoms. The van der Waals surface area contributed by atoms with Crippen LogP contribution in [0.4, 0.5) is 0 Å². The molecule has 3 heteroatoms. The van der Waals surface area contributed by atoms with E-state index >= 15 is 0 Å². The fourth-order valence-corrected chi connectivity index (χ4v) is 8.87. The molecule has 246 valence electrons. The predicted octanol–water partition coefficient (Wildman–Crippen LogP) is 12.0. The molecule has 0 aliphatic heterocycles. The molecule has 2 heterocycles. The molecule has 53 heavy (non-hydrogen) atoms. The summed E-state index contributed by atoms with van der Waals surface area (Å²) in [6.07, 6.45) is 0. The maximum absolute atomic E-state index is 5.64. The summed E-state index contributed by atoms with van der Waals surface area (Å²) >= 11 is 0. The van der Waals surface area contributed by atoms with E-state index in [4.69, 9.17) is 15.0 Å². The van der Waals surface area contributed by atoms with Crippen molar-refractivity contribution in [3.8, 4) is 67.5 Å². The van der Waals surface area contributed by atoms with Crippen molar-refractivity contribution in [1.29, 1.82) is 0 Å². The Morgan fingerprint density at radius 1 is 0.321 bits per heavy atom. The van der Waals surface area contributed by atoms with Crippen molar-refractivity contribution >= 4 is 10.8 Å². The number of hydrogen-bond acceptors (Lipinski definition) is 3. The molecular weight excluding hydrogens is 643 g/mol. The van der Waals surface area contributed by atoms with E-state index in [1.54, 1.807) is 0 Å². The maximum atomic E-state index is 5.64. The van der Waals surface area contributed by atoms with Crippen LogP contribution in [0.1, 0.15) is 22.3 Å². The molecule has 2 aliphatic rings. The van der Waals surface area contributed by atoms with Gasteiger partial charge in [-0.3, -0.25) is 0 Å². The van der Waals surface area contributed by atoms with E-state index in [-0.39, 0.29) is 0 Å². The number of nitrogens with zero attached hydrogens (tertiary/aromatic N) is 3. The van der Waals surface area contributed by atoms with Crippen molar-refractivity contribution in [2.45, 2.75) is 5.41 Å². The van der Waals surface area contributed by atoms with Crippen molar-refractivity contribution in [3.05, 3.63) is 210 Å². The fourth-order valence-electron chi connectivity index (χ4n) is 8.87. The summed E-state index contributed by atoms with van der Waals surface area (Å²) in [5.74, 6) is 0.693. The lowest BCUT2D eigenvalue weighted by Gasteiger charge is -2.31. The molecule has 0 N–H and O–H groups in total. The number of hydrogen-bond donors (Lipinski definition) is 0. The van der Waals surface area contributed by atoms with Crippen molar-refractivity contribution in [2.24, 2.45) is 0 Å². The fraction of sp³-hybridized carbons (Fsp3) is 0.0200. The molecule has 7 aromatic carbocycles. The molecule has 2 aliphatic carbocycles. The predicted molar refractivity (Wildman–Crippen MR) is 215 cm³/mol. The van der Waals surface area contributed by atoms with Gasteiger partial charge in [0.1, 0.15) is 0 Å². The Bertz CT molecular complexity index is 2770. The number of aromatic nitrogens is 3. The first-order valence-electron chi connectivity index (χ1n) is 18.1. The van der Waals surface area contributed by atoms with Gasteiger partial charge in [0.25, 0.3) is 0 Å². The number of benzene rings is 7. The van der Waals surface area contributed by atoms with Crippen LogP contribution in [-0.4, -0.2) is 15.0 Å². The second-order valence-electron chi connectivity index (χ2n) is 13.9. The van der Waals surface area contributed by atoms with Crippen LogP contribution in [0, 0.1) is 0 Å². The average molecular weight is 674 g/mol. The Hall–Kier alpha value is -6.97. The van der Waals surface area contributed by atoms with Crippen LogP contribution in [0.5, 0.6) is 0 Å². The molecule has 3 nitrogen and oxygen atoms in total. The van der Waals surface area contributed by atoms with E-state index in [9.17, 15) is 0 Å². The summed E-state index contributed by atoms with van der Waals surface area (Å²) in [6, 6.07) is 66.9. The van der Waals surface area contributed by atoms with E-state index in [0.29, 0.717) is 5.82 Å². The second kappa shape index (κ2) is 11.5. The minimum atomic E-state index is -0.453. The summed E-state index contributed by atoms with van der Waals surface area (Å²) < 4.78 is 0. The quantitative estimate of drug-likeness (QED) is 0.187. The molecule has 2 aromatic heterocycles. The van der Waals surface area contributed by atoms with Crippen LogP contribution >= 0.6 is 0 Å². The number of fused-ring (bicyclic) bond motifs is 12. The topological polar surface area (TPSA) is 38.7 Å². The Balaban J connectivity index is 1.10. The van der Waals surface area contributed by atoms with Crippen LogP contribution in [0.3, 0.4) is 0 Å². The van der Waals surface area contributed by atoms with Gasteiger partial charge in [-0.2, -0.15) is 0 Å². The third-order valence-electron chi connectivity index (χ3n) is 11.1. The Morgan fingerprint density at radius 2 is 0.774 bits per heavy atom. The van der Waals surface area contributed by atoms with Crippen LogP contribution in [0.25, 0.3) is 78.3 Å². The Morgan fingerprint density at radius 3 is 1.36 bits per heavy atom. The maximum Gasteiger partial charge on any atom is 0.160 e. The van der Waals surface area contributed by atoms with E-state index in [1.807, 2.05) is 36.4 Å². The van der Waals surface area contributed by atoms with E-state index in [0.717, 1.165) is 50.4 Å². The van der Waals surface area contributed by atoms with Gasteiger partial charge in [0.2, 0.25) is 0 Å². The normalized spacial score (nSPS) is 13.1. The van der Waals surface area contributed by atoms with Gasteiger partial charge in [0, 0.05) is 38.8 Å². The van der Waals surface area contributed by atoms with E-state index in [2.05, 4.69) is 152 Å². The van der Waals surface area contributed by atoms with E-state index < -0.39 is 5.41 Å². The van der Waals surface area contributed by atoms with Crippen LogP contribution in [-0.2, 0) is 5.41 Å². The van der Waals surface area contributed by atoms with Crippen LogP contribution < -0.4 is 0 Å². The highest BCUT2D eigenvalue weighted by Gasteiger charge is 2.53. The zero-order valence-electron chi connectivity index (χ0n) is 28.7. The van der Waals surface area contributed by atoms with Gasteiger partial charge >= 0.3 is 0 Å². The lowest BCUT2D eigenvalue weighted by Crippen LogP contribution is -2.26. The monoisotopic (exact) mass is 673 g/mol. The van der Waals surface area contributed by atoms with Crippen molar-refractivity contribution in [3.63, 3.8) is 0 Å². The first-order chi connectivity index (χ1) is 26.3. The molecule has 0 unspecified atom stereocenters. The highest BCUT2D eigenvalue weighted by molar-refractivity contribution is 6.06. The van der Waals surface area contributed by atoms with Crippen molar-refractivity contribution in [1.82, 2.24) is 15.0 Å². The Labute approximate surface area is 308 Å². The molecular formula is C50H31N3. The van der Waals surface area contributed by atoms with Crippen LogP contribution in [0.2, 0.25) is 0 Å². The van der Waals surface area contributed by atoms with Gasteiger partial charge in [-0.05, 0) is 39.3 Å². The number of rotatable bonds is 4. The lowest BCUT2D eigenvalue weighted by atomic mass is 9.69. The lowest BCUT2D eigenvalue weighted by molar-refractivity contribution is 0.799. The number of pyridine rings is 1. The van der Waals surface area contributed by atoms with E-state index in [1.165, 1.54) is 44.3 Å². The molecule has 0 radical (unpaired) electrons. The SMILES string of the molecule is c1ccc(-c2cc(-c3ccccc3)nc(-c3ccc(-c4nc5c(c6ccccc46)C4(c6ccccc6-c6ccccc64)c4ccccc4-5)cc3)n2)cc1. The summed E-state index contributed by atoms with van der Waals surface area (Å²) in [7, 11) is 0. The molecule has 9 aromatic rings. The zero-order valence-corrected chi connectivity index (χ0v) is 28.7. The Kier molecular flexibility index (Phi) is 6.47. The summed E-state index contributed by atoms with van der Waals surface area (Å²) in [4.78, 5) is 15.8. The first kappa shape index (κ1) is 29.7. The van der Waals surface area contributed by atoms with Crippen LogP contribution in [0.15, 0.2) is 188 Å². The largest absolute Gasteiger partial charge is 0.247 e. The molecule has 11 rings (SSSR count).